The van der Waals surface area contributed by atoms with Crippen LogP contribution in [0, 0.1) is 5.92 Å². The molecule has 1 aromatic rings. The second-order valence-corrected chi connectivity index (χ2v) is 4.51. The van der Waals surface area contributed by atoms with Crippen molar-refractivity contribution in [3.63, 3.8) is 0 Å². The zero-order valence-electron chi connectivity index (χ0n) is 10.1. The summed E-state index contributed by atoms with van der Waals surface area (Å²) < 4.78 is 5.68. The van der Waals surface area contributed by atoms with E-state index < -0.39 is 5.97 Å². The Labute approximate surface area is 101 Å². The SMILES string of the molecule is CCCOc1ccccc1C1CCC1C(=O)O. The molecule has 1 aliphatic rings. The van der Waals surface area contributed by atoms with E-state index in [2.05, 4.69) is 6.92 Å². The zero-order valence-corrected chi connectivity index (χ0v) is 10.1. The lowest BCUT2D eigenvalue weighted by atomic mass is 9.70. The van der Waals surface area contributed by atoms with Gasteiger partial charge in [0.25, 0.3) is 0 Å². The van der Waals surface area contributed by atoms with Crippen LogP contribution in [0.4, 0.5) is 0 Å². The van der Waals surface area contributed by atoms with Crippen molar-refractivity contribution in [2.75, 3.05) is 6.61 Å². The Morgan fingerprint density at radius 1 is 1.41 bits per heavy atom. The summed E-state index contributed by atoms with van der Waals surface area (Å²) in [5.41, 5.74) is 1.06. The van der Waals surface area contributed by atoms with Crippen LogP contribution < -0.4 is 4.74 Å². The van der Waals surface area contributed by atoms with Gasteiger partial charge in [0.05, 0.1) is 12.5 Å². The third-order valence-electron chi connectivity index (χ3n) is 3.37. The van der Waals surface area contributed by atoms with E-state index in [0.29, 0.717) is 6.61 Å². The maximum absolute atomic E-state index is 11.0. The van der Waals surface area contributed by atoms with Crippen molar-refractivity contribution in [3.05, 3.63) is 29.8 Å². The molecule has 0 spiro atoms. The Morgan fingerprint density at radius 3 is 2.76 bits per heavy atom. The highest BCUT2D eigenvalue weighted by molar-refractivity contribution is 5.73. The molecule has 17 heavy (non-hydrogen) atoms. The summed E-state index contributed by atoms with van der Waals surface area (Å²) in [6.45, 7) is 2.74. The number of aliphatic carboxylic acids is 1. The van der Waals surface area contributed by atoms with Gasteiger partial charge >= 0.3 is 5.97 Å². The molecule has 1 N–H and O–H groups in total. The molecule has 1 aliphatic carbocycles. The van der Waals surface area contributed by atoms with Gasteiger partial charge in [0, 0.05) is 5.92 Å². The van der Waals surface area contributed by atoms with Gasteiger partial charge in [-0.1, -0.05) is 25.1 Å². The van der Waals surface area contributed by atoms with Crippen LogP contribution in [-0.2, 0) is 4.79 Å². The van der Waals surface area contributed by atoms with E-state index >= 15 is 0 Å². The van der Waals surface area contributed by atoms with Crippen molar-refractivity contribution in [2.24, 2.45) is 5.92 Å². The minimum atomic E-state index is -0.688. The first-order chi connectivity index (χ1) is 8.24. The van der Waals surface area contributed by atoms with Crippen molar-refractivity contribution in [1.29, 1.82) is 0 Å². The molecule has 1 aromatic carbocycles. The molecule has 0 amide bonds. The third kappa shape index (κ3) is 2.43. The maximum Gasteiger partial charge on any atom is 0.307 e. The van der Waals surface area contributed by atoms with Crippen LogP contribution in [0.3, 0.4) is 0 Å². The van der Waals surface area contributed by atoms with Crippen molar-refractivity contribution >= 4 is 5.97 Å². The van der Waals surface area contributed by atoms with E-state index in [9.17, 15) is 4.79 Å². The number of hydrogen-bond donors (Lipinski definition) is 1. The average Bonchev–Trinajstić information content (AvgIpc) is 2.25. The third-order valence-corrected chi connectivity index (χ3v) is 3.37. The zero-order chi connectivity index (χ0) is 12.3. The van der Waals surface area contributed by atoms with Crippen LogP contribution >= 0.6 is 0 Å². The van der Waals surface area contributed by atoms with Gasteiger partial charge in [0.15, 0.2) is 0 Å². The molecule has 3 nitrogen and oxygen atoms in total. The Morgan fingerprint density at radius 2 is 2.18 bits per heavy atom. The fourth-order valence-corrected chi connectivity index (χ4v) is 2.30. The fourth-order valence-electron chi connectivity index (χ4n) is 2.30. The number of carbonyl (C=O) groups is 1. The van der Waals surface area contributed by atoms with Crippen LogP contribution in [0.1, 0.15) is 37.7 Å². The molecule has 0 saturated heterocycles. The van der Waals surface area contributed by atoms with Gasteiger partial charge in [-0.15, -0.1) is 0 Å². The quantitative estimate of drug-likeness (QED) is 0.851. The number of carboxylic acids is 1. The summed E-state index contributed by atoms with van der Waals surface area (Å²) >= 11 is 0. The van der Waals surface area contributed by atoms with Gasteiger partial charge in [-0.25, -0.2) is 0 Å². The largest absolute Gasteiger partial charge is 0.493 e. The molecule has 92 valence electrons. The number of hydrogen-bond acceptors (Lipinski definition) is 2. The molecule has 0 heterocycles. The molecule has 1 saturated carbocycles. The monoisotopic (exact) mass is 234 g/mol. The van der Waals surface area contributed by atoms with E-state index in [1.165, 1.54) is 0 Å². The van der Waals surface area contributed by atoms with Crippen molar-refractivity contribution in [2.45, 2.75) is 32.1 Å². The molecule has 2 atom stereocenters. The Hall–Kier alpha value is -1.51. The fraction of sp³-hybridized carbons (Fsp3) is 0.500. The minimum Gasteiger partial charge on any atom is -0.493 e. The van der Waals surface area contributed by atoms with Gasteiger partial charge in [0.1, 0.15) is 5.75 Å². The predicted molar refractivity (Wildman–Crippen MR) is 65.3 cm³/mol. The van der Waals surface area contributed by atoms with Crippen molar-refractivity contribution in [3.8, 4) is 5.75 Å². The molecule has 0 radical (unpaired) electrons. The molecule has 3 heteroatoms. The molecule has 1 fully saturated rings. The summed E-state index contributed by atoms with van der Waals surface area (Å²) in [6.07, 6.45) is 2.69. The van der Waals surface area contributed by atoms with Crippen molar-refractivity contribution < 1.29 is 14.6 Å². The first-order valence-electron chi connectivity index (χ1n) is 6.18. The number of ether oxygens (including phenoxy) is 1. The normalized spacial score (nSPS) is 22.9. The van der Waals surface area contributed by atoms with Gasteiger partial charge in [-0.3, -0.25) is 4.79 Å². The number of carboxylic acid groups (broad SMARTS) is 1. The Bertz CT molecular complexity index is 400. The Balaban J connectivity index is 2.17. The molecular weight excluding hydrogens is 216 g/mol. The molecular formula is C14H18O3. The number of rotatable bonds is 5. The lowest BCUT2D eigenvalue weighted by Crippen LogP contribution is -2.31. The van der Waals surface area contributed by atoms with Crippen LogP contribution in [0.5, 0.6) is 5.75 Å². The van der Waals surface area contributed by atoms with Crippen LogP contribution in [-0.4, -0.2) is 17.7 Å². The predicted octanol–water partition coefficient (Wildman–Crippen LogP) is 3.05. The highest BCUT2D eigenvalue weighted by Crippen LogP contribution is 2.45. The Kier molecular flexibility index (Phi) is 3.67. The minimum absolute atomic E-state index is 0.126. The smallest absolute Gasteiger partial charge is 0.307 e. The average molecular weight is 234 g/mol. The van der Waals surface area contributed by atoms with Gasteiger partial charge in [-0.05, 0) is 30.9 Å². The summed E-state index contributed by atoms with van der Waals surface area (Å²) in [6, 6.07) is 7.81. The second-order valence-electron chi connectivity index (χ2n) is 4.51. The van der Waals surface area contributed by atoms with Crippen LogP contribution in [0.25, 0.3) is 0 Å². The first kappa shape index (κ1) is 12.0. The van der Waals surface area contributed by atoms with E-state index in [1.807, 2.05) is 24.3 Å². The van der Waals surface area contributed by atoms with E-state index in [0.717, 1.165) is 30.6 Å². The van der Waals surface area contributed by atoms with Gasteiger partial charge in [0.2, 0.25) is 0 Å². The maximum atomic E-state index is 11.0. The topological polar surface area (TPSA) is 46.5 Å². The second kappa shape index (κ2) is 5.21. The first-order valence-corrected chi connectivity index (χ1v) is 6.18. The van der Waals surface area contributed by atoms with E-state index in [1.54, 1.807) is 0 Å². The summed E-state index contributed by atoms with van der Waals surface area (Å²) in [5, 5.41) is 9.09. The van der Waals surface area contributed by atoms with Crippen LogP contribution in [0.15, 0.2) is 24.3 Å². The molecule has 2 unspecified atom stereocenters. The highest BCUT2D eigenvalue weighted by atomic mass is 16.5. The van der Waals surface area contributed by atoms with Gasteiger partial charge < -0.3 is 9.84 Å². The summed E-state index contributed by atoms with van der Waals surface area (Å²) in [4.78, 5) is 11.0. The molecule has 0 bridgehead atoms. The molecule has 2 rings (SSSR count). The highest BCUT2D eigenvalue weighted by Gasteiger charge is 2.38. The van der Waals surface area contributed by atoms with E-state index in [-0.39, 0.29) is 11.8 Å². The van der Waals surface area contributed by atoms with E-state index in [4.69, 9.17) is 9.84 Å². The molecule has 0 aromatic heterocycles. The molecule has 0 aliphatic heterocycles. The standard InChI is InChI=1S/C14H18O3/c1-2-9-17-13-6-4-3-5-11(13)10-7-8-12(10)14(15)16/h3-6,10,12H,2,7-9H2,1H3,(H,15,16). The number of benzene rings is 1. The lowest BCUT2D eigenvalue weighted by molar-refractivity contribution is -0.145. The number of para-hydroxylation sites is 1. The van der Waals surface area contributed by atoms with Crippen molar-refractivity contribution in [1.82, 2.24) is 0 Å². The van der Waals surface area contributed by atoms with Crippen LogP contribution in [0.2, 0.25) is 0 Å². The summed E-state index contributed by atoms with van der Waals surface area (Å²) in [5.74, 6) is 0.0544. The lowest BCUT2D eigenvalue weighted by Gasteiger charge is -2.34. The van der Waals surface area contributed by atoms with Gasteiger partial charge in [-0.2, -0.15) is 0 Å². The summed E-state index contributed by atoms with van der Waals surface area (Å²) in [7, 11) is 0.